The van der Waals surface area contributed by atoms with Crippen molar-refractivity contribution >= 4 is 17.3 Å². The van der Waals surface area contributed by atoms with E-state index in [4.69, 9.17) is 9.47 Å². The van der Waals surface area contributed by atoms with Gasteiger partial charge in [0.05, 0.1) is 23.2 Å². The molecule has 1 atom stereocenters. The number of rotatable bonds is 8. The van der Waals surface area contributed by atoms with Crippen LogP contribution < -0.4 is 9.47 Å². The Morgan fingerprint density at radius 3 is 2.42 bits per heavy atom. The molecule has 6 heteroatoms. The van der Waals surface area contributed by atoms with E-state index in [-0.39, 0.29) is 11.8 Å². The fourth-order valence-corrected chi connectivity index (χ4v) is 3.07. The van der Waals surface area contributed by atoms with Crippen LogP contribution in [-0.4, -0.2) is 11.5 Å². The molecule has 3 rings (SSSR count). The number of allylic oxidation sites excluding steroid dienone is 1. The van der Waals surface area contributed by atoms with Gasteiger partial charge in [0.1, 0.15) is 6.10 Å². The highest BCUT2D eigenvalue weighted by atomic mass is 16.6. The van der Waals surface area contributed by atoms with Crippen LogP contribution in [-0.2, 0) is 0 Å². The Morgan fingerprint density at radius 2 is 1.81 bits per heavy atom. The van der Waals surface area contributed by atoms with E-state index in [1.54, 1.807) is 18.2 Å². The monoisotopic (exact) mass is 414 g/mol. The Hall–Kier alpha value is -4.11. The molecule has 0 saturated carbocycles. The molecule has 0 spiro atoms. The van der Waals surface area contributed by atoms with Crippen LogP contribution in [0.2, 0.25) is 0 Å². The first kappa shape index (κ1) is 21.6. The third kappa shape index (κ3) is 5.49. The largest absolute Gasteiger partial charge is 0.490 e. The summed E-state index contributed by atoms with van der Waals surface area (Å²) in [7, 11) is 0. The third-order valence-corrected chi connectivity index (χ3v) is 4.66. The van der Waals surface area contributed by atoms with Gasteiger partial charge in [-0.25, -0.2) is 0 Å². The lowest BCUT2D eigenvalue weighted by molar-refractivity contribution is -0.384. The molecule has 3 aromatic carbocycles. The SMILES string of the molecule is CCOc1cc(/C=C(\C#N)c2ccc([N+](=O)[O-])cc2)ccc1OC(C)c1ccccc1. The Balaban J connectivity index is 1.88. The van der Waals surface area contributed by atoms with Crippen molar-refractivity contribution in [1.82, 2.24) is 0 Å². The molecule has 0 aliphatic heterocycles. The van der Waals surface area contributed by atoms with E-state index in [9.17, 15) is 15.4 Å². The Kier molecular flexibility index (Phi) is 7.02. The molecule has 0 aliphatic rings. The average molecular weight is 414 g/mol. The normalized spacial score (nSPS) is 12.0. The first-order valence-corrected chi connectivity index (χ1v) is 9.87. The van der Waals surface area contributed by atoms with Gasteiger partial charge in [-0.2, -0.15) is 5.26 Å². The maximum absolute atomic E-state index is 10.8. The highest BCUT2D eigenvalue weighted by Crippen LogP contribution is 2.33. The molecule has 156 valence electrons. The van der Waals surface area contributed by atoms with E-state index in [1.807, 2.05) is 62.4 Å². The Labute approximate surface area is 181 Å². The van der Waals surface area contributed by atoms with Gasteiger partial charge in [0.2, 0.25) is 0 Å². The quantitative estimate of drug-likeness (QED) is 0.190. The van der Waals surface area contributed by atoms with Crippen molar-refractivity contribution in [2.24, 2.45) is 0 Å². The van der Waals surface area contributed by atoms with Gasteiger partial charge in [-0.15, -0.1) is 0 Å². The minimum Gasteiger partial charge on any atom is -0.490 e. The van der Waals surface area contributed by atoms with Crippen molar-refractivity contribution in [1.29, 1.82) is 5.26 Å². The van der Waals surface area contributed by atoms with Crippen molar-refractivity contribution < 1.29 is 14.4 Å². The second-order valence-corrected chi connectivity index (χ2v) is 6.78. The summed E-state index contributed by atoms with van der Waals surface area (Å²) in [6, 6.07) is 23.4. The number of nitro groups is 1. The number of nitrogens with zero attached hydrogens (tertiary/aromatic N) is 2. The first-order valence-electron chi connectivity index (χ1n) is 9.87. The van der Waals surface area contributed by atoms with Gasteiger partial charge in [-0.05, 0) is 60.9 Å². The van der Waals surface area contributed by atoms with E-state index in [0.717, 1.165) is 11.1 Å². The van der Waals surface area contributed by atoms with E-state index < -0.39 is 4.92 Å². The number of nitro benzene ring substituents is 1. The highest BCUT2D eigenvalue weighted by molar-refractivity contribution is 5.90. The van der Waals surface area contributed by atoms with Crippen LogP contribution in [0.15, 0.2) is 72.8 Å². The lowest BCUT2D eigenvalue weighted by atomic mass is 10.0. The molecule has 0 radical (unpaired) electrons. The van der Waals surface area contributed by atoms with Crippen molar-refractivity contribution in [3.63, 3.8) is 0 Å². The van der Waals surface area contributed by atoms with E-state index in [2.05, 4.69) is 6.07 Å². The minimum atomic E-state index is -0.469. The van der Waals surface area contributed by atoms with Crippen LogP contribution in [0.5, 0.6) is 11.5 Å². The fraction of sp³-hybridized carbons (Fsp3) is 0.160. The molecule has 0 aromatic heterocycles. The van der Waals surface area contributed by atoms with Gasteiger partial charge >= 0.3 is 0 Å². The summed E-state index contributed by atoms with van der Waals surface area (Å²) in [6.07, 6.45) is 1.56. The minimum absolute atomic E-state index is 0.0197. The number of nitriles is 1. The van der Waals surface area contributed by atoms with Crippen LogP contribution in [0.4, 0.5) is 5.69 Å². The zero-order valence-electron chi connectivity index (χ0n) is 17.3. The van der Waals surface area contributed by atoms with Crippen molar-refractivity contribution in [3.05, 3.63) is 99.6 Å². The topological polar surface area (TPSA) is 85.4 Å². The van der Waals surface area contributed by atoms with E-state index >= 15 is 0 Å². The third-order valence-electron chi connectivity index (χ3n) is 4.66. The standard InChI is InChI=1S/C25H22N2O4/c1-3-30-25-16-19(9-14-24(25)31-18(2)20-7-5-4-6-8-20)15-22(17-26)21-10-12-23(13-11-21)27(28)29/h4-16,18H,3H2,1-2H3/b22-15+. The molecule has 0 amide bonds. The molecule has 3 aromatic rings. The van der Waals surface area contributed by atoms with Crippen molar-refractivity contribution in [2.45, 2.75) is 20.0 Å². The van der Waals surface area contributed by atoms with Gasteiger partial charge < -0.3 is 9.47 Å². The molecule has 1 unspecified atom stereocenters. The fourth-order valence-electron chi connectivity index (χ4n) is 3.07. The lowest BCUT2D eigenvalue weighted by Crippen LogP contribution is -2.05. The smallest absolute Gasteiger partial charge is 0.269 e. The van der Waals surface area contributed by atoms with Crippen LogP contribution in [0.25, 0.3) is 11.6 Å². The molecule has 6 nitrogen and oxygen atoms in total. The zero-order chi connectivity index (χ0) is 22.2. The lowest BCUT2D eigenvalue weighted by Gasteiger charge is -2.18. The summed E-state index contributed by atoms with van der Waals surface area (Å²) in [6.45, 7) is 4.34. The molecule has 0 fully saturated rings. The molecule has 0 aliphatic carbocycles. The molecule has 0 N–H and O–H groups in total. The number of hydrogen-bond donors (Lipinski definition) is 0. The van der Waals surface area contributed by atoms with Gasteiger partial charge in [-0.3, -0.25) is 10.1 Å². The van der Waals surface area contributed by atoms with Crippen molar-refractivity contribution in [3.8, 4) is 17.6 Å². The van der Waals surface area contributed by atoms with Crippen LogP contribution in [0.3, 0.4) is 0 Å². The molecular formula is C25H22N2O4. The van der Waals surface area contributed by atoms with Crippen LogP contribution in [0.1, 0.15) is 36.6 Å². The summed E-state index contributed by atoms with van der Waals surface area (Å²) in [5.74, 6) is 1.20. The predicted octanol–water partition coefficient (Wildman–Crippen LogP) is 6.20. The predicted molar refractivity (Wildman–Crippen MR) is 120 cm³/mol. The second kappa shape index (κ2) is 10.1. The summed E-state index contributed by atoms with van der Waals surface area (Å²) in [4.78, 5) is 10.4. The first-order chi connectivity index (χ1) is 15.0. The van der Waals surface area contributed by atoms with Crippen LogP contribution in [0, 0.1) is 21.4 Å². The maximum atomic E-state index is 10.8. The highest BCUT2D eigenvalue weighted by Gasteiger charge is 2.13. The number of benzene rings is 3. The van der Waals surface area contributed by atoms with Crippen molar-refractivity contribution in [2.75, 3.05) is 6.61 Å². The summed E-state index contributed by atoms with van der Waals surface area (Å²) < 4.78 is 11.9. The van der Waals surface area contributed by atoms with E-state index in [0.29, 0.717) is 29.2 Å². The number of ether oxygens (including phenoxy) is 2. The summed E-state index contributed by atoms with van der Waals surface area (Å²) in [5, 5.41) is 20.4. The van der Waals surface area contributed by atoms with Gasteiger partial charge in [0.15, 0.2) is 11.5 Å². The maximum Gasteiger partial charge on any atom is 0.269 e. The molecule has 0 bridgehead atoms. The molecular weight excluding hydrogens is 392 g/mol. The number of non-ortho nitro benzene ring substituents is 1. The number of hydrogen-bond acceptors (Lipinski definition) is 5. The summed E-state index contributed by atoms with van der Waals surface area (Å²) >= 11 is 0. The van der Waals surface area contributed by atoms with Crippen LogP contribution >= 0.6 is 0 Å². The summed E-state index contributed by atoms with van der Waals surface area (Å²) in [5.41, 5.74) is 2.79. The average Bonchev–Trinajstić information content (AvgIpc) is 2.79. The Morgan fingerprint density at radius 1 is 1.10 bits per heavy atom. The zero-order valence-corrected chi connectivity index (χ0v) is 17.3. The molecule has 0 heterocycles. The Bertz CT molecular complexity index is 1120. The second-order valence-electron chi connectivity index (χ2n) is 6.78. The van der Waals surface area contributed by atoms with Gasteiger partial charge in [-0.1, -0.05) is 36.4 Å². The molecule has 0 saturated heterocycles. The van der Waals surface area contributed by atoms with Gasteiger partial charge in [0.25, 0.3) is 5.69 Å². The van der Waals surface area contributed by atoms with Gasteiger partial charge in [0, 0.05) is 12.1 Å². The molecule has 31 heavy (non-hydrogen) atoms. The van der Waals surface area contributed by atoms with E-state index in [1.165, 1.54) is 12.1 Å².